The van der Waals surface area contributed by atoms with E-state index in [1.165, 1.54) is 0 Å². The fourth-order valence-electron chi connectivity index (χ4n) is 1.91. The summed E-state index contributed by atoms with van der Waals surface area (Å²) in [6.07, 6.45) is 1.76. The molecule has 1 heterocycles. The number of rotatable bonds is 5. The first-order valence-corrected chi connectivity index (χ1v) is 7.40. The highest BCUT2D eigenvalue weighted by atomic mass is 127. The van der Waals surface area contributed by atoms with Gasteiger partial charge in [-0.25, -0.2) is 9.98 Å². The van der Waals surface area contributed by atoms with Crippen LogP contribution in [0.25, 0.3) is 0 Å². The molecule has 2 rings (SSSR count). The average molecular weight is 462 g/mol. The number of aromatic nitrogens is 1. The molecule has 0 spiro atoms. The Hall–Kier alpha value is -1.74. The van der Waals surface area contributed by atoms with Crippen LogP contribution in [0, 0.1) is 0 Å². The van der Waals surface area contributed by atoms with E-state index >= 15 is 0 Å². The Balaban J connectivity index is 0.00000288. The number of hydrogen-bond donors (Lipinski definition) is 2. The van der Waals surface area contributed by atoms with Crippen molar-refractivity contribution in [2.45, 2.75) is 6.54 Å². The number of ether oxygens (including phenoxy) is 1. The zero-order valence-corrected chi connectivity index (χ0v) is 16.9. The summed E-state index contributed by atoms with van der Waals surface area (Å²) < 4.78 is 5.11. The summed E-state index contributed by atoms with van der Waals surface area (Å²) in [5, 5.41) is 3.51. The number of pyridine rings is 1. The van der Waals surface area contributed by atoms with Crippen LogP contribution in [0.4, 0.5) is 11.5 Å². The molecule has 1 aromatic heterocycles. The number of halogens is 2. The minimum absolute atomic E-state index is 0. The highest BCUT2D eigenvalue weighted by Gasteiger charge is 2.03. The van der Waals surface area contributed by atoms with E-state index in [0.717, 1.165) is 17.1 Å². The Morgan fingerprint density at radius 1 is 1.33 bits per heavy atom. The zero-order chi connectivity index (χ0) is 16.8. The fraction of sp³-hybridized carbons (Fsp3) is 0.250. The lowest BCUT2D eigenvalue weighted by atomic mass is 10.2. The van der Waals surface area contributed by atoms with Gasteiger partial charge in [0, 0.05) is 26.0 Å². The highest BCUT2D eigenvalue weighted by Crippen LogP contribution is 2.27. The van der Waals surface area contributed by atoms with Gasteiger partial charge < -0.3 is 20.7 Å². The molecule has 0 bridgehead atoms. The molecule has 8 heteroatoms. The number of nitrogens with two attached hydrogens (primary N) is 1. The van der Waals surface area contributed by atoms with Crippen molar-refractivity contribution in [2.75, 3.05) is 31.4 Å². The number of nitrogens with one attached hydrogen (secondary N) is 1. The smallest absolute Gasteiger partial charge is 0.193 e. The second-order valence-corrected chi connectivity index (χ2v) is 5.50. The number of guanidine groups is 1. The van der Waals surface area contributed by atoms with Crippen molar-refractivity contribution in [3.8, 4) is 5.75 Å². The van der Waals surface area contributed by atoms with Gasteiger partial charge >= 0.3 is 0 Å². The van der Waals surface area contributed by atoms with E-state index in [4.69, 9.17) is 22.1 Å². The van der Waals surface area contributed by atoms with E-state index in [1.807, 2.05) is 37.2 Å². The van der Waals surface area contributed by atoms with Gasteiger partial charge in [-0.2, -0.15) is 0 Å². The molecule has 0 fully saturated rings. The van der Waals surface area contributed by atoms with E-state index < -0.39 is 0 Å². The average Bonchev–Trinajstić information content (AvgIpc) is 2.53. The van der Waals surface area contributed by atoms with Crippen molar-refractivity contribution in [1.82, 2.24) is 4.98 Å². The molecule has 0 amide bonds. The van der Waals surface area contributed by atoms with Crippen LogP contribution < -0.4 is 20.7 Å². The van der Waals surface area contributed by atoms with E-state index in [1.54, 1.807) is 25.4 Å². The fourth-order valence-corrected chi connectivity index (χ4v) is 2.17. The summed E-state index contributed by atoms with van der Waals surface area (Å²) in [7, 11) is 5.46. The summed E-state index contributed by atoms with van der Waals surface area (Å²) in [6.45, 7) is 0.464. The molecule has 0 aliphatic rings. The predicted octanol–water partition coefficient (Wildman–Crippen LogP) is 3.35. The molecular weight excluding hydrogens is 441 g/mol. The maximum Gasteiger partial charge on any atom is 0.193 e. The standard InChI is InChI=1S/C16H20ClN5O.HI/c1-22(2)15-8-11(6-7-19-15)10-20-16(18)21-12-4-5-14(23-3)13(17)9-12;/h4-9H,10H2,1-3H3,(H3,18,20,21);1H. The quantitative estimate of drug-likeness (QED) is 0.406. The molecule has 0 saturated heterocycles. The van der Waals surface area contributed by atoms with Gasteiger partial charge in [0.2, 0.25) is 0 Å². The van der Waals surface area contributed by atoms with Crippen molar-refractivity contribution >= 4 is 53.0 Å². The van der Waals surface area contributed by atoms with Crippen molar-refractivity contribution in [3.63, 3.8) is 0 Å². The van der Waals surface area contributed by atoms with E-state index in [0.29, 0.717) is 23.3 Å². The van der Waals surface area contributed by atoms with Gasteiger partial charge in [-0.05, 0) is 35.9 Å². The SMILES string of the molecule is COc1ccc(NC(N)=NCc2ccnc(N(C)C)c2)cc1Cl.I. The lowest BCUT2D eigenvalue weighted by Crippen LogP contribution is -2.22. The number of benzene rings is 1. The highest BCUT2D eigenvalue weighted by molar-refractivity contribution is 14.0. The van der Waals surface area contributed by atoms with Gasteiger partial charge in [-0.3, -0.25) is 0 Å². The van der Waals surface area contributed by atoms with E-state index in [2.05, 4.69) is 15.3 Å². The van der Waals surface area contributed by atoms with E-state index in [-0.39, 0.29) is 24.0 Å². The second kappa shape index (κ2) is 9.53. The monoisotopic (exact) mass is 461 g/mol. The first-order valence-electron chi connectivity index (χ1n) is 7.02. The van der Waals surface area contributed by atoms with Gasteiger partial charge in [0.25, 0.3) is 0 Å². The first kappa shape index (κ1) is 20.3. The van der Waals surface area contributed by atoms with Crippen LogP contribution in [0.2, 0.25) is 5.02 Å². The third kappa shape index (κ3) is 5.72. The summed E-state index contributed by atoms with van der Waals surface area (Å²) in [5.74, 6) is 1.81. The Bertz CT molecular complexity index is 709. The summed E-state index contributed by atoms with van der Waals surface area (Å²) in [4.78, 5) is 10.5. The number of aliphatic imine (C=N–C) groups is 1. The molecule has 6 nitrogen and oxygen atoms in total. The molecule has 0 atom stereocenters. The zero-order valence-electron chi connectivity index (χ0n) is 13.8. The van der Waals surface area contributed by atoms with Crippen molar-refractivity contribution in [1.29, 1.82) is 0 Å². The maximum absolute atomic E-state index is 6.08. The lowest BCUT2D eigenvalue weighted by molar-refractivity contribution is 0.415. The summed E-state index contributed by atoms with van der Waals surface area (Å²) in [5.41, 5.74) is 7.69. The van der Waals surface area contributed by atoms with Crippen LogP contribution >= 0.6 is 35.6 Å². The molecular formula is C16H21ClIN5O. The van der Waals surface area contributed by atoms with Gasteiger partial charge in [0.05, 0.1) is 18.7 Å². The second-order valence-electron chi connectivity index (χ2n) is 5.09. The molecule has 24 heavy (non-hydrogen) atoms. The molecule has 0 aliphatic heterocycles. The van der Waals surface area contributed by atoms with Crippen LogP contribution in [0.1, 0.15) is 5.56 Å². The summed E-state index contributed by atoms with van der Waals surface area (Å²) in [6, 6.07) is 9.21. The van der Waals surface area contributed by atoms with Gasteiger partial charge in [0.1, 0.15) is 11.6 Å². The molecule has 3 N–H and O–H groups in total. The van der Waals surface area contributed by atoms with Crippen molar-refractivity contribution in [2.24, 2.45) is 10.7 Å². The predicted molar refractivity (Wildman–Crippen MR) is 111 cm³/mol. The largest absolute Gasteiger partial charge is 0.495 e. The first-order chi connectivity index (χ1) is 11.0. The van der Waals surface area contributed by atoms with Crippen LogP contribution in [0.15, 0.2) is 41.5 Å². The molecule has 0 saturated carbocycles. The molecule has 0 unspecified atom stereocenters. The van der Waals surface area contributed by atoms with E-state index in [9.17, 15) is 0 Å². The molecule has 0 aliphatic carbocycles. The number of anilines is 2. The minimum atomic E-state index is 0. The number of methoxy groups -OCH3 is 1. The third-order valence-corrected chi connectivity index (χ3v) is 3.42. The van der Waals surface area contributed by atoms with Crippen molar-refractivity contribution < 1.29 is 4.74 Å². The minimum Gasteiger partial charge on any atom is -0.495 e. The molecule has 1 aromatic carbocycles. The van der Waals surface area contributed by atoms with Crippen LogP contribution in [0.3, 0.4) is 0 Å². The van der Waals surface area contributed by atoms with Crippen LogP contribution in [0.5, 0.6) is 5.75 Å². The lowest BCUT2D eigenvalue weighted by Gasteiger charge is -2.11. The van der Waals surface area contributed by atoms with Crippen LogP contribution in [-0.4, -0.2) is 32.1 Å². The molecule has 0 radical (unpaired) electrons. The van der Waals surface area contributed by atoms with Gasteiger partial charge in [-0.15, -0.1) is 24.0 Å². The normalized spacial score (nSPS) is 10.8. The number of hydrogen-bond acceptors (Lipinski definition) is 4. The maximum atomic E-state index is 6.08. The third-order valence-electron chi connectivity index (χ3n) is 3.12. The van der Waals surface area contributed by atoms with Gasteiger partial charge in [-0.1, -0.05) is 11.6 Å². The Kier molecular flexibility index (Phi) is 8.06. The van der Waals surface area contributed by atoms with Crippen molar-refractivity contribution in [3.05, 3.63) is 47.1 Å². The summed E-state index contributed by atoms with van der Waals surface area (Å²) >= 11 is 6.08. The number of nitrogens with zero attached hydrogens (tertiary/aromatic N) is 3. The topological polar surface area (TPSA) is 75.8 Å². The molecule has 130 valence electrons. The Morgan fingerprint density at radius 3 is 2.71 bits per heavy atom. The Morgan fingerprint density at radius 2 is 2.08 bits per heavy atom. The Labute approximate surface area is 164 Å². The van der Waals surface area contributed by atoms with Crippen LogP contribution in [-0.2, 0) is 6.54 Å². The van der Waals surface area contributed by atoms with Gasteiger partial charge in [0.15, 0.2) is 5.96 Å². The molecule has 2 aromatic rings.